The second kappa shape index (κ2) is 6.33. The highest BCUT2D eigenvalue weighted by atomic mass is 32.2. The number of anilines is 1. The molecule has 132 valence electrons. The van der Waals surface area contributed by atoms with Gasteiger partial charge in [-0.25, -0.2) is 12.7 Å². The van der Waals surface area contributed by atoms with Crippen LogP contribution in [-0.2, 0) is 14.8 Å². The molecule has 1 aliphatic carbocycles. The van der Waals surface area contributed by atoms with Gasteiger partial charge in [-0.05, 0) is 43.4 Å². The van der Waals surface area contributed by atoms with Crippen LogP contribution in [0.2, 0.25) is 0 Å². The van der Waals surface area contributed by atoms with Crippen molar-refractivity contribution in [3.63, 3.8) is 0 Å². The van der Waals surface area contributed by atoms with Gasteiger partial charge in [-0.2, -0.15) is 0 Å². The number of carbonyl (C=O) groups is 1. The van der Waals surface area contributed by atoms with E-state index < -0.39 is 10.0 Å². The summed E-state index contributed by atoms with van der Waals surface area (Å²) < 4.78 is 25.6. The van der Waals surface area contributed by atoms with Gasteiger partial charge < -0.3 is 5.32 Å². The van der Waals surface area contributed by atoms with E-state index >= 15 is 0 Å². The first-order chi connectivity index (χ1) is 11.0. The maximum absolute atomic E-state index is 12.6. The molecule has 1 N–H and O–H groups in total. The van der Waals surface area contributed by atoms with Crippen molar-refractivity contribution in [2.24, 2.45) is 17.3 Å². The van der Waals surface area contributed by atoms with Gasteiger partial charge in [-0.3, -0.25) is 4.79 Å². The zero-order chi connectivity index (χ0) is 18.3. The van der Waals surface area contributed by atoms with E-state index in [4.69, 9.17) is 0 Å². The normalized spacial score (nSPS) is 22.1. The molecule has 0 spiro atoms. The SMILES string of the molecule is CC(C)=CC1C(C(=O)Nc2cccc(S(=O)(=O)N(C)C)c2)C1(C)C. The Kier molecular flexibility index (Phi) is 4.93. The molecule has 0 aliphatic heterocycles. The van der Waals surface area contributed by atoms with Crippen molar-refractivity contribution < 1.29 is 13.2 Å². The van der Waals surface area contributed by atoms with Gasteiger partial charge in [0.1, 0.15) is 0 Å². The molecule has 2 rings (SSSR count). The fourth-order valence-corrected chi connectivity index (χ4v) is 3.96. The summed E-state index contributed by atoms with van der Waals surface area (Å²) in [6, 6.07) is 6.37. The molecule has 1 aliphatic rings. The molecule has 0 heterocycles. The van der Waals surface area contributed by atoms with Gasteiger partial charge in [0.25, 0.3) is 0 Å². The van der Waals surface area contributed by atoms with Crippen LogP contribution >= 0.6 is 0 Å². The van der Waals surface area contributed by atoms with E-state index in [1.807, 2.05) is 13.8 Å². The third-order valence-electron chi connectivity index (χ3n) is 4.59. The van der Waals surface area contributed by atoms with Crippen molar-refractivity contribution >= 4 is 21.6 Å². The number of amides is 1. The van der Waals surface area contributed by atoms with Crippen molar-refractivity contribution in [3.05, 3.63) is 35.9 Å². The minimum absolute atomic E-state index is 0.0677. The molecule has 0 saturated heterocycles. The average Bonchev–Trinajstić information content (AvgIpc) is 2.99. The lowest BCUT2D eigenvalue weighted by Crippen LogP contribution is -2.22. The second-order valence-corrected chi connectivity index (χ2v) is 9.53. The van der Waals surface area contributed by atoms with E-state index in [1.54, 1.807) is 12.1 Å². The molecule has 1 aromatic rings. The van der Waals surface area contributed by atoms with Crippen LogP contribution in [0.1, 0.15) is 27.7 Å². The number of benzene rings is 1. The monoisotopic (exact) mass is 350 g/mol. The molecule has 6 heteroatoms. The molecular weight excluding hydrogens is 324 g/mol. The number of carbonyl (C=O) groups excluding carboxylic acids is 1. The molecule has 1 fully saturated rings. The Balaban J connectivity index is 2.18. The molecule has 0 bridgehead atoms. The van der Waals surface area contributed by atoms with Gasteiger partial charge in [0.05, 0.1) is 10.8 Å². The van der Waals surface area contributed by atoms with Crippen molar-refractivity contribution in [1.29, 1.82) is 0 Å². The fourth-order valence-electron chi connectivity index (χ4n) is 3.01. The maximum Gasteiger partial charge on any atom is 0.242 e. The molecule has 0 radical (unpaired) electrons. The summed E-state index contributed by atoms with van der Waals surface area (Å²) in [6.45, 7) is 8.21. The predicted molar refractivity (Wildman–Crippen MR) is 96.1 cm³/mol. The molecule has 2 unspecified atom stereocenters. The Morgan fingerprint density at radius 2 is 1.88 bits per heavy atom. The third-order valence-corrected chi connectivity index (χ3v) is 6.40. The summed E-state index contributed by atoms with van der Waals surface area (Å²) in [5.41, 5.74) is 1.62. The summed E-state index contributed by atoms with van der Waals surface area (Å²) in [4.78, 5) is 12.7. The molecule has 1 saturated carbocycles. The number of sulfonamides is 1. The predicted octanol–water partition coefficient (Wildman–Crippen LogP) is 3.11. The number of hydrogen-bond donors (Lipinski definition) is 1. The zero-order valence-electron chi connectivity index (χ0n) is 15.1. The van der Waals surface area contributed by atoms with Crippen molar-refractivity contribution in [2.75, 3.05) is 19.4 Å². The Hall–Kier alpha value is -1.66. The average molecular weight is 350 g/mol. The molecule has 2 atom stereocenters. The topological polar surface area (TPSA) is 66.5 Å². The summed E-state index contributed by atoms with van der Waals surface area (Å²) in [5.74, 6) is 0.0552. The lowest BCUT2D eigenvalue weighted by Gasteiger charge is -2.13. The van der Waals surface area contributed by atoms with Crippen molar-refractivity contribution in [3.8, 4) is 0 Å². The molecule has 5 nitrogen and oxygen atoms in total. The molecule has 24 heavy (non-hydrogen) atoms. The Morgan fingerprint density at radius 3 is 2.42 bits per heavy atom. The third kappa shape index (κ3) is 3.54. The summed E-state index contributed by atoms with van der Waals surface area (Å²) in [7, 11) is -0.550. The van der Waals surface area contributed by atoms with Gasteiger partial charge >= 0.3 is 0 Å². The van der Waals surface area contributed by atoms with E-state index in [1.165, 1.54) is 31.8 Å². The van der Waals surface area contributed by atoms with Crippen molar-refractivity contribution in [2.45, 2.75) is 32.6 Å². The van der Waals surface area contributed by atoms with E-state index in [0.717, 1.165) is 4.31 Å². The zero-order valence-corrected chi connectivity index (χ0v) is 15.9. The summed E-state index contributed by atoms with van der Waals surface area (Å²) >= 11 is 0. The van der Waals surface area contributed by atoms with Gasteiger partial charge in [0.2, 0.25) is 15.9 Å². The molecule has 0 aromatic heterocycles. The van der Waals surface area contributed by atoms with Crippen LogP contribution in [0.15, 0.2) is 40.8 Å². The first kappa shape index (κ1) is 18.7. The minimum Gasteiger partial charge on any atom is -0.326 e. The van der Waals surface area contributed by atoms with Crippen LogP contribution in [0.25, 0.3) is 0 Å². The fraction of sp³-hybridized carbons (Fsp3) is 0.500. The largest absolute Gasteiger partial charge is 0.326 e. The molecular formula is C18H26N2O3S. The van der Waals surface area contributed by atoms with Gasteiger partial charge in [0.15, 0.2) is 0 Å². The Labute approximate surface area is 144 Å². The van der Waals surface area contributed by atoms with Crippen LogP contribution in [0.5, 0.6) is 0 Å². The molecule has 1 amide bonds. The number of allylic oxidation sites excluding steroid dienone is 2. The highest BCUT2D eigenvalue weighted by Gasteiger charge is 2.60. The van der Waals surface area contributed by atoms with Crippen LogP contribution in [0.3, 0.4) is 0 Å². The van der Waals surface area contributed by atoms with Crippen LogP contribution in [-0.4, -0.2) is 32.7 Å². The Bertz CT molecular complexity index is 775. The lowest BCUT2D eigenvalue weighted by atomic mass is 10.1. The van der Waals surface area contributed by atoms with E-state index in [9.17, 15) is 13.2 Å². The van der Waals surface area contributed by atoms with Crippen LogP contribution < -0.4 is 5.32 Å². The number of rotatable bonds is 5. The van der Waals surface area contributed by atoms with E-state index in [-0.39, 0.29) is 28.1 Å². The van der Waals surface area contributed by atoms with Gasteiger partial charge in [-0.1, -0.05) is 31.6 Å². The molecule has 1 aromatic carbocycles. The summed E-state index contributed by atoms with van der Waals surface area (Å²) in [6.07, 6.45) is 2.14. The van der Waals surface area contributed by atoms with E-state index in [0.29, 0.717) is 5.69 Å². The summed E-state index contributed by atoms with van der Waals surface area (Å²) in [5, 5.41) is 2.86. The number of nitrogens with one attached hydrogen (secondary N) is 1. The highest BCUT2D eigenvalue weighted by molar-refractivity contribution is 7.89. The minimum atomic E-state index is -3.52. The smallest absolute Gasteiger partial charge is 0.242 e. The van der Waals surface area contributed by atoms with E-state index in [2.05, 4.69) is 25.2 Å². The first-order valence-corrected chi connectivity index (χ1v) is 9.40. The standard InChI is InChI=1S/C18H26N2O3S/c1-12(2)10-15-16(18(15,3)4)17(21)19-13-8-7-9-14(11-13)24(22,23)20(5)6/h7-11,15-16H,1-6H3,(H,19,21). The lowest BCUT2D eigenvalue weighted by molar-refractivity contribution is -0.118. The maximum atomic E-state index is 12.6. The Morgan fingerprint density at radius 1 is 1.25 bits per heavy atom. The number of hydrogen-bond acceptors (Lipinski definition) is 3. The van der Waals surface area contributed by atoms with Crippen LogP contribution in [0.4, 0.5) is 5.69 Å². The highest BCUT2D eigenvalue weighted by Crippen LogP contribution is 2.59. The van der Waals surface area contributed by atoms with Gasteiger partial charge in [0, 0.05) is 19.8 Å². The van der Waals surface area contributed by atoms with Gasteiger partial charge in [-0.15, -0.1) is 0 Å². The second-order valence-electron chi connectivity index (χ2n) is 7.37. The van der Waals surface area contributed by atoms with Crippen molar-refractivity contribution in [1.82, 2.24) is 4.31 Å². The number of nitrogens with zero attached hydrogens (tertiary/aromatic N) is 1. The van der Waals surface area contributed by atoms with Crippen LogP contribution in [0, 0.1) is 17.3 Å². The quantitative estimate of drug-likeness (QED) is 0.830. The first-order valence-electron chi connectivity index (χ1n) is 7.96.